The number of carbonyl (C=O) groups excluding carboxylic acids is 1. The summed E-state index contributed by atoms with van der Waals surface area (Å²) in [6, 6.07) is 5.08. The van der Waals surface area contributed by atoms with Crippen LogP contribution in [0.15, 0.2) is 30.7 Å². The van der Waals surface area contributed by atoms with Gasteiger partial charge in [0, 0.05) is 25.3 Å². The van der Waals surface area contributed by atoms with Crippen LogP contribution in [0.25, 0.3) is 0 Å². The summed E-state index contributed by atoms with van der Waals surface area (Å²) in [4.78, 5) is 24.3. The first-order chi connectivity index (χ1) is 11.1. The van der Waals surface area contributed by atoms with E-state index in [1.54, 1.807) is 11.0 Å². The maximum Gasteiger partial charge on any atom is 0.263 e. The van der Waals surface area contributed by atoms with Crippen molar-refractivity contribution in [3.63, 3.8) is 0 Å². The third-order valence-corrected chi connectivity index (χ3v) is 4.31. The van der Waals surface area contributed by atoms with Crippen LogP contribution in [0.4, 0.5) is 21.6 Å². The molecule has 7 heteroatoms. The molecule has 1 aromatic carbocycles. The summed E-state index contributed by atoms with van der Waals surface area (Å²) < 4.78 is 13.8. The molecule has 23 heavy (non-hydrogen) atoms. The Morgan fingerprint density at radius 3 is 2.83 bits per heavy atom. The van der Waals surface area contributed by atoms with Crippen molar-refractivity contribution < 1.29 is 9.18 Å². The monoisotopic (exact) mass is 313 g/mol. The molecule has 2 N–H and O–H groups in total. The molecule has 1 amide bonds. The third kappa shape index (κ3) is 2.38. The molecular weight excluding hydrogens is 297 g/mol. The largest absolute Gasteiger partial charge is 0.383 e. The fourth-order valence-corrected chi connectivity index (χ4v) is 3.03. The molecule has 2 aromatic rings. The number of benzene rings is 1. The standard InChI is InChI=1S/C16H16FN5O/c17-10-1-4-13-14(7-10)22(6-5-21(13)11-2-3-11)16(23)12-8-19-9-20-15(12)18/h1,4,7-9,11H,2-3,5-6H2,(H2,18,19,20). The Bertz CT molecular complexity index is 777. The molecule has 1 aliphatic carbocycles. The first-order valence-corrected chi connectivity index (χ1v) is 7.58. The number of anilines is 3. The number of nitrogen functional groups attached to an aromatic ring is 1. The number of aromatic nitrogens is 2. The van der Waals surface area contributed by atoms with Crippen LogP contribution in [0.1, 0.15) is 23.2 Å². The van der Waals surface area contributed by atoms with Gasteiger partial charge in [-0.2, -0.15) is 0 Å². The van der Waals surface area contributed by atoms with Crippen LogP contribution in [-0.4, -0.2) is 35.0 Å². The summed E-state index contributed by atoms with van der Waals surface area (Å²) in [5.74, 6) is -0.533. The average molecular weight is 313 g/mol. The van der Waals surface area contributed by atoms with Crippen LogP contribution in [0.5, 0.6) is 0 Å². The predicted octanol–water partition coefficient (Wildman–Crippen LogP) is 1.83. The van der Waals surface area contributed by atoms with Gasteiger partial charge < -0.3 is 15.5 Å². The topological polar surface area (TPSA) is 75.3 Å². The number of hydrogen-bond acceptors (Lipinski definition) is 5. The zero-order valence-corrected chi connectivity index (χ0v) is 12.4. The van der Waals surface area contributed by atoms with Gasteiger partial charge in [0.1, 0.15) is 23.5 Å². The second-order valence-corrected chi connectivity index (χ2v) is 5.84. The van der Waals surface area contributed by atoms with Crippen molar-refractivity contribution in [1.29, 1.82) is 0 Å². The minimum atomic E-state index is -0.364. The molecule has 2 heterocycles. The lowest BCUT2D eigenvalue weighted by atomic mass is 10.1. The Morgan fingerprint density at radius 1 is 1.26 bits per heavy atom. The number of rotatable bonds is 2. The number of carbonyl (C=O) groups is 1. The van der Waals surface area contributed by atoms with Crippen molar-refractivity contribution >= 4 is 23.1 Å². The van der Waals surface area contributed by atoms with Gasteiger partial charge >= 0.3 is 0 Å². The van der Waals surface area contributed by atoms with E-state index in [9.17, 15) is 9.18 Å². The lowest BCUT2D eigenvalue weighted by Gasteiger charge is -2.38. The molecular formula is C16H16FN5O. The van der Waals surface area contributed by atoms with Crippen LogP contribution in [-0.2, 0) is 0 Å². The quantitative estimate of drug-likeness (QED) is 0.915. The Labute approximate surface area is 132 Å². The van der Waals surface area contributed by atoms with E-state index in [-0.39, 0.29) is 23.1 Å². The first kappa shape index (κ1) is 13.9. The van der Waals surface area contributed by atoms with E-state index in [0.717, 1.165) is 25.1 Å². The van der Waals surface area contributed by atoms with E-state index in [2.05, 4.69) is 14.9 Å². The molecule has 0 atom stereocenters. The minimum absolute atomic E-state index is 0.132. The molecule has 1 aliphatic heterocycles. The van der Waals surface area contributed by atoms with Gasteiger partial charge in [-0.3, -0.25) is 4.79 Å². The third-order valence-electron chi connectivity index (χ3n) is 4.31. The molecule has 4 rings (SSSR count). The normalized spacial score (nSPS) is 17.1. The summed E-state index contributed by atoms with van der Waals surface area (Å²) in [5, 5.41) is 0. The number of nitrogens with zero attached hydrogens (tertiary/aromatic N) is 4. The summed E-state index contributed by atoms with van der Waals surface area (Å²) in [6.07, 6.45) is 4.98. The highest BCUT2D eigenvalue weighted by Crippen LogP contribution is 2.40. The number of halogens is 1. The molecule has 1 saturated carbocycles. The van der Waals surface area contributed by atoms with Crippen LogP contribution >= 0.6 is 0 Å². The highest BCUT2D eigenvalue weighted by atomic mass is 19.1. The van der Waals surface area contributed by atoms with E-state index >= 15 is 0 Å². The molecule has 0 bridgehead atoms. The van der Waals surface area contributed by atoms with Gasteiger partial charge in [0.2, 0.25) is 0 Å². The Morgan fingerprint density at radius 2 is 2.09 bits per heavy atom. The Hall–Kier alpha value is -2.70. The Balaban J connectivity index is 1.75. The molecule has 118 valence electrons. The van der Waals surface area contributed by atoms with Gasteiger partial charge in [-0.25, -0.2) is 14.4 Å². The first-order valence-electron chi connectivity index (χ1n) is 7.58. The fourth-order valence-electron chi connectivity index (χ4n) is 3.03. The van der Waals surface area contributed by atoms with Gasteiger partial charge in [-0.15, -0.1) is 0 Å². The number of amides is 1. The highest BCUT2D eigenvalue weighted by Gasteiger charge is 2.36. The lowest BCUT2D eigenvalue weighted by molar-refractivity contribution is 0.0986. The van der Waals surface area contributed by atoms with Gasteiger partial charge in [0.25, 0.3) is 5.91 Å². The van der Waals surface area contributed by atoms with Crippen molar-refractivity contribution in [3.05, 3.63) is 42.1 Å². The Kier molecular flexibility index (Phi) is 3.14. The van der Waals surface area contributed by atoms with Crippen LogP contribution in [0, 0.1) is 5.82 Å². The number of hydrogen-bond donors (Lipinski definition) is 1. The molecule has 6 nitrogen and oxygen atoms in total. The van der Waals surface area contributed by atoms with Crippen LogP contribution in [0.3, 0.4) is 0 Å². The zero-order chi connectivity index (χ0) is 16.0. The second kappa shape index (κ2) is 5.19. The fraction of sp³-hybridized carbons (Fsp3) is 0.312. The van der Waals surface area contributed by atoms with E-state index in [4.69, 9.17) is 5.73 Å². The van der Waals surface area contributed by atoms with Crippen molar-refractivity contribution in [2.45, 2.75) is 18.9 Å². The van der Waals surface area contributed by atoms with Gasteiger partial charge in [-0.1, -0.05) is 0 Å². The van der Waals surface area contributed by atoms with Crippen molar-refractivity contribution in [3.8, 4) is 0 Å². The number of nitrogens with two attached hydrogens (primary N) is 1. The molecule has 0 spiro atoms. The van der Waals surface area contributed by atoms with Gasteiger partial charge in [0.15, 0.2) is 0 Å². The lowest BCUT2D eigenvalue weighted by Crippen LogP contribution is -2.45. The van der Waals surface area contributed by atoms with E-state index < -0.39 is 0 Å². The highest BCUT2D eigenvalue weighted by molar-refractivity contribution is 6.10. The maximum atomic E-state index is 13.8. The van der Waals surface area contributed by atoms with E-state index in [1.165, 1.54) is 24.7 Å². The van der Waals surface area contributed by atoms with Crippen LogP contribution in [0.2, 0.25) is 0 Å². The maximum absolute atomic E-state index is 13.8. The SMILES string of the molecule is Nc1ncncc1C(=O)N1CCN(C2CC2)c2ccc(F)cc21. The van der Waals surface area contributed by atoms with Crippen molar-refractivity contribution in [2.24, 2.45) is 0 Å². The molecule has 2 aliphatic rings. The molecule has 0 unspecified atom stereocenters. The molecule has 1 fully saturated rings. The van der Waals surface area contributed by atoms with Crippen LogP contribution < -0.4 is 15.5 Å². The number of fused-ring (bicyclic) bond motifs is 1. The molecule has 1 aromatic heterocycles. The average Bonchev–Trinajstić information content (AvgIpc) is 3.38. The molecule has 0 saturated heterocycles. The molecule has 0 radical (unpaired) electrons. The summed E-state index contributed by atoms with van der Waals surface area (Å²) in [7, 11) is 0. The summed E-state index contributed by atoms with van der Waals surface area (Å²) >= 11 is 0. The van der Waals surface area contributed by atoms with Crippen molar-refractivity contribution in [1.82, 2.24) is 9.97 Å². The summed E-state index contributed by atoms with van der Waals surface area (Å²) in [6.45, 7) is 1.21. The minimum Gasteiger partial charge on any atom is -0.383 e. The summed E-state index contributed by atoms with van der Waals surface area (Å²) in [5.41, 5.74) is 7.49. The smallest absolute Gasteiger partial charge is 0.263 e. The zero-order valence-electron chi connectivity index (χ0n) is 12.4. The van der Waals surface area contributed by atoms with Gasteiger partial charge in [-0.05, 0) is 31.0 Å². The second-order valence-electron chi connectivity index (χ2n) is 5.84. The van der Waals surface area contributed by atoms with E-state index in [0.29, 0.717) is 18.3 Å². The predicted molar refractivity (Wildman–Crippen MR) is 84.9 cm³/mol. The van der Waals surface area contributed by atoms with Gasteiger partial charge in [0.05, 0.1) is 11.4 Å². The van der Waals surface area contributed by atoms with E-state index in [1.807, 2.05) is 0 Å². The van der Waals surface area contributed by atoms with Crippen molar-refractivity contribution in [2.75, 3.05) is 28.6 Å².